The van der Waals surface area contributed by atoms with Gasteiger partial charge in [0.05, 0.1) is 9.37 Å². The van der Waals surface area contributed by atoms with Gasteiger partial charge in [-0.1, -0.05) is 0 Å². The highest BCUT2D eigenvalue weighted by molar-refractivity contribution is 9.10. The third kappa shape index (κ3) is 3.08. The molecule has 0 aliphatic rings. The lowest BCUT2D eigenvalue weighted by molar-refractivity contribution is 0.478. The fraction of sp³-hybridized carbons (Fsp3) is 0.0833. The minimum Gasteiger partial charge on any atom is -0.456 e. The van der Waals surface area contributed by atoms with Gasteiger partial charge in [-0.3, -0.25) is 4.98 Å². The van der Waals surface area contributed by atoms with Gasteiger partial charge in [-0.15, -0.1) is 0 Å². The monoisotopic (exact) mass is 327 g/mol. The first-order valence-corrected chi connectivity index (χ1v) is 7.73. The van der Waals surface area contributed by atoms with Gasteiger partial charge in [-0.25, -0.2) is 8.42 Å². The zero-order chi connectivity index (χ0) is 13.2. The van der Waals surface area contributed by atoms with Crippen LogP contribution in [0.1, 0.15) is 0 Å². The molecule has 0 saturated heterocycles. The third-order valence-corrected chi connectivity index (χ3v) is 3.94. The molecule has 18 heavy (non-hydrogen) atoms. The van der Waals surface area contributed by atoms with E-state index >= 15 is 0 Å². The Labute approximate surface area is 114 Å². The first kappa shape index (κ1) is 13.0. The molecule has 1 aromatic carbocycles. The summed E-state index contributed by atoms with van der Waals surface area (Å²) in [6, 6.07) is 7.97. The summed E-state index contributed by atoms with van der Waals surface area (Å²) in [6.07, 6.45) is 4.41. The molecule has 0 amide bonds. The van der Waals surface area contributed by atoms with Crippen molar-refractivity contribution in [3.63, 3.8) is 0 Å². The van der Waals surface area contributed by atoms with E-state index in [0.29, 0.717) is 11.5 Å². The molecule has 1 aromatic heterocycles. The molecule has 94 valence electrons. The Kier molecular flexibility index (Phi) is 3.68. The van der Waals surface area contributed by atoms with Crippen LogP contribution in [0.4, 0.5) is 0 Å². The Hall–Kier alpha value is -1.40. The zero-order valence-electron chi connectivity index (χ0n) is 9.50. The van der Waals surface area contributed by atoms with Crippen LogP contribution < -0.4 is 4.74 Å². The lowest BCUT2D eigenvalue weighted by atomic mass is 10.3. The summed E-state index contributed by atoms with van der Waals surface area (Å²) in [7, 11) is -3.18. The van der Waals surface area contributed by atoms with Crippen molar-refractivity contribution in [2.45, 2.75) is 4.90 Å². The fourth-order valence-electron chi connectivity index (χ4n) is 1.33. The Morgan fingerprint density at radius 2 is 1.83 bits per heavy atom. The Bertz CT molecular complexity index is 653. The number of sulfone groups is 1. The minimum absolute atomic E-state index is 0.267. The molecule has 2 aromatic rings. The molecule has 0 spiro atoms. The largest absolute Gasteiger partial charge is 0.456 e. The molecule has 6 heteroatoms. The molecular weight excluding hydrogens is 318 g/mol. The lowest BCUT2D eigenvalue weighted by Crippen LogP contribution is -1.96. The van der Waals surface area contributed by atoms with Crippen molar-refractivity contribution in [2.24, 2.45) is 0 Å². The number of pyridine rings is 1. The van der Waals surface area contributed by atoms with E-state index in [1.54, 1.807) is 30.6 Å². The average Bonchev–Trinajstić information content (AvgIpc) is 2.32. The van der Waals surface area contributed by atoms with Gasteiger partial charge in [0.2, 0.25) is 0 Å². The van der Waals surface area contributed by atoms with Crippen LogP contribution in [-0.2, 0) is 9.84 Å². The summed E-state index contributed by atoms with van der Waals surface area (Å²) in [6.45, 7) is 0. The van der Waals surface area contributed by atoms with E-state index in [9.17, 15) is 8.42 Å². The molecule has 0 fully saturated rings. The topological polar surface area (TPSA) is 56.3 Å². The van der Waals surface area contributed by atoms with E-state index in [2.05, 4.69) is 20.9 Å². The van der Waals surface area contributed by atoms with Crippen molar-refractivity contribution in [1.82, 2.24) is 4.98 Å². The first-order valence-electron chi connectivity index (χ1n) is 5.04. The molecule has 4 nitrogen and oxygen atoms in total. The predicted molar refractivity (Wildman–Crippen MR) is 71.6 cm³/mol. The molecule has 0 aliphatic heterocycles. The summed E-state index contributed by atoms with van der Waals surface area (Å²) in [5.41, 5.74) is 0. The highest BCUT2D eigenvalue weighted by Gasteiger charge is 2.07. The highest BCUT2D eigenvalue weighted by atomic mass is 79.9. The first-order chi connectivity index (χ1) is 8.47. The summed E-state index contributed by atoms with van der Waals surface area (Å²) < 4.78 is 28.9. The molecule has 0 unspecified atom stereocenters. The molecule has 0 aliphatic carbocycles. The Morgan fingerprint density at radius 3 is 2.39 bits per heavy atom. The SMILES string of the molecule is CS(=O)(=O)c1ccc(Oc2ccncc2Br)cc1. The van der Waals surface area contributed by atoms with Crippen LogP contribution in [0.5, 0.6) is 11.5 Å². The van der Waals surface area contributed by atoms with Crippen LogP contribution in [0.3, 0.4) is 0 Å². The van der Waals surface area contributed by atoms with E-state index < -0.39 is 9.84 Å². The number of benzene rings is 1. The second kappa shape index (κ2) is 5.07. The number of hydrogen-bond acceptors (Lipinski definition) is 4. The second-order valence-electron chi connectivity index (χ2n) is 3.65. The van der Waals surface area contributed by atoms with Crippen molar-refractivity contribution < 1.29 is 13.2 Å². The average molecular weight is 328 g/mol. The Balaban J connectivity index is 2.24. The Morgan fingerprint density at radius 1 is 1.17 bits per heavy atom. The van der Waals surface area contributed by atoms with Crippen LogP contribution in [0.25, 0.3) is 0 Å². The van der Waals surface area contributed by atoms with E-state index in [4.69, 9.17) is 4.74 Å². The zero-order valence-corrected chi connectivity index (χ0v) is 11.9. The second-order valence-corrected chi connectivity index (χ2v) is 6.52. The van der Waals surface area contributed by atoms with Gasteiger partial charge in [-0.05, 0) is 40.2 Å². The molecule has 0 N–H and O–H groups in total. The molecular formula is C12H10BrNO3S. The van der Waals surface area contributed by atoms with Crippen LogP contribution >= 0.6 is 15.9 Å². The number of rotatable bonds is 3. The van der Waals surface area contributed by atoms with Crippen LogP contribution in [-0.4, -0.2) is 19.7 Å². The van der Waals surface area contributed by atoms with Gasteiger partial charge in [0.15, 0.2) is 9.84 Å². The predicted octanol–water partition coefficient (Wildman–Crippen LogP) is 3.04. The number of ether oxygens (including phenoxy) is 1. The van der Waals surface area contributed by atoms with Crippen molar-refractivity contribution in [1.29, 1.82) is 0 Å². The van der Waals surface area contributed by atoms with Gasteiger partial charge < -0.3 is 4.74 Å². The maximum Gasteiger partial charge on any atom is 0.175 e. The third-order valence-electron chi connectivity index (χ3n) is 2.21. The number of nitrogens with zero attached hydrogens (tertiary/aromatic N) is 1. The number of hydrogen-bond donors (Lipinski definition) is 0. The highest BCUT2D eigenvalue weighted by Crippen LogP contribution is 2.28. The summed E-state index contributed by atoms with van der Waals surface area (Å²) in [5, 5.41) is 0. The smallest absolute Gasteiger partial charge is 0.175 e. The summed E-state index contributed by atoms with van der Waals surface area (Å²) >= 11 is 3.32. The van der Waals surface area contributed by atoms with E-state index in [1.165, 1.54) is 18.4 Å². The van der Waals surface area contributed by atoms with Crippen molar-refractivity contribution >= 4 is 25.8 Å². The normalized spacial score (nSPS) is 11.2. The quantitative estimate of drug-likeness (QED) is 0.869. The van der Waals surface area contributed by atoms with E-state index in [-0.39, 0.29) is 4.90 Å². The van der Waals surface area contributed by atoms with Gasteiger partial charge in [-0.2, -0.15) is 0 Å². The number of halogens is 1. The number of aromatic nitrogens is 1. The van der Waals surface area contributed by atoms with Crippen molar-refractivity contribution in [3.8, 4) is 11.5 Å². The van der Waals surface area contributed by atoms with Crippen molar-refractivity contribution in [3.05, 3.63) is 47.2 Å². The molecule has 2 rings (SSSR count). The van der Waals surface area contributed by atoms with Crippen LogP contribution in [0.2, 0.25) is 0 Å². The van der Waals surface area contributed by atoms with Gasteiger partial charge >= 0.3 is 0 Å². The van der Waals surface area contributed by atoms with E-state index in [0.717, 1.165) is 4.47 Å². The summed E-state index contributed by atoms with van der Waals surface area (Å²) in [4.78, 5) is 4.19. The van der Waals surface area contributed by atoms with Crippen LogP contribution in [0.15, 0.2) is 52.1 Å². The molecule has 0 saturated carbocycles. The molecule has 0 atom stereocenters. The minimum atomic E-state index is -3.18. The maximum absolute atomic E-state index is 11.3. The fourth-order valence-corrected chi connectivity index (χ4v) is 2.29. The molecule has 1 heterocycles. The van der Waals surface area contributed by atoms with Gasteiger partial charge in [0, 0.05) is 24.7 Å². The lowest BCUT2D eigenvalue weighted by Gasteiger charge is -2.07. The molecule has 0 bridgehead atoms. The summed E-state index contributed by atoms with van der Waals surface area (Å²) in [5.74, 6) is 1.19. The van der Waals surface area contributed by atoms with Crippen LogP contribution in [0, 0.1) is 0 Å². The van der Waals surface area contributed by atoms with Gasteiger partial charge in [0.25, 0.3) is 0 Å². The van der Waals surface area contributed by atoms with E-state index in [1.807, 2.05) is 0 Å². The standard InChI is InChI=1S/C12H10BrNO3S/c1-18(15,16)10-4-2-9(3-5-10)17-12-6-7-14-8-11(12)13/h2-8H,1H3. The van der Waals surface area contributed by atoms with Gasteiger partial charge in [0.1, 0.15) is 11.5 Å². The molecule has 0 radical (unpaired) electrons. The maximum atomic E-state index is 11.3. The van der Waals surface area contributed by atoms with Crippen molar-refractivity contribution in [2.75, 3.05) is 6.26 Å².